The predicted octanol–water partition coefficient (Wildman–Crippen LogP) is 2.26. The number of hydrogen-bond acceptors (Lipinski definition) is 3. The molecule has 1 fully saturated rings. The minimum Gasteiger partial charge on any atom is -0.395 e. The molecule has 0 aliphatic heterocycles. The zero-order valence-electron chi connectivity index (χ0n) is 9.90. The monoisotopic (exact) mass is 298 g/mol. The molecular weight excluding hydrogens is 280 g/mol. The summed E-state index contributed by atoms with van der Waals surface area (Å²) in [6.45, 7) is 1.45. The molecule has 3 N–H and O–H groups in total. The predicted molar refractivity (Wildman–Crippen MR) is 74.1 cm³/mol. The number of nitrogens with two attached hydrogens (primary N) is 1. The fourth-order valence-electron chi connectivity index (χ4n) is 2.22. The van der Waals surface area contributed by atoms with E-state index < -0.39 is 0 Å². The fraction of sp³-hybridized carbons (Fsp3) is 0.538. The first-order valence-corrected chi connectivity index (χ1v) is 6.91. The minimum atomic E-state index is 0.196. The third-order valence-corrected chi connectivity index (χ3v) is 4.05. The molecule has 1 saturated carbocycles. The van der Waals surface area contributed by atoms with Crippen LogP contribution < -0.4 is 10.6 Å². The summed E-state index contributed by atoms with van der Waals surface area (Å²) in [5.41, 5.74) is 7.92. The highest BCUT2D eigenvalue weighted by molar-refractivity contribution is 9.10. The van der Waals surface area contributed by atoms with Crippen molar-refractivity contribution in [1.29, 1.82) is 0 Å². The van der Waals surface area contributed by atoms with Crippen LogP contribution >= 0.6 is 15.9 Å². The second-order valence-corrected chi connectivity index (χ2v) is 5.35. The van der Waals surface area contributed by atoms with Crippen molar-refractivity contribution in [2.75, 3.05) is 18.1 Å². The lowest BCUT2D eigenvalue weighted by Gasteiger charge is -2.39. The van der Waals surface area contributed by atoms with Gasteiger partial charge in [-0.2, -0.15) is 0 Å². The Bertz CT molecular complexity index is 380. The molecule has 1 aromatic carbocycles. The first-order valence-electron chi connectivity index (χ1n) is 6.12. The van der Waals surface area contributed by atoms with Gasteiger partial charge in [-0.25, -0.2) is 0 Å². The van der Waals surface area contributed by atoms with E-state index >= 15 is 0 Å². The Morgan fingerprint density at radius 3 is 2.65 bits per heavy atom. The molecule has 0 saturated heterocycles. The molecule has 2 rings (SSSR count). The van der Waals surface area contributed by atoms with Crippen LogP contribution in [0.3, 0.4) is 0 Å². The Balaban J connectivity index is 2.22. The topological polar surface area (TPSA) is 49.5 Å². The number of aliphatic hydroxyl groups excluding tert-OH is 1. The summed E-state index contributed by atoms with van der Waals surface area (Å²) in [7, 11) is 0. The molecule has 1 aliphatic rings. The summed E-state index contributed by atoms with van der Waals surface area (Å²) in [5, 5.41) is 9.18. The summed E-state index contributed by atoms with van der Waals surface area (Å²) in [6, 6.07) is 6.81. The van der Waals surface area contributed by atoms with E-state index in [0.717, 1.165) is 10.0 Å². The van der Waals surface area contributed by atoms with Gasteiger partial charge in [-0.3, -0.25) is 0 Å². The lowest BCUT2D eigenvalue weighted by atomic mass is 9.91. The summed E-state index contributed by atoms with van der Waals surface area (Å²) in [5.74, 6) is 0. The molecule has 0 spiro atoms. The van der Waals surface area contributed by atoms with Gasteiger partial charge in [-0.15, -0.1) is 0 Å². The second kappa shape index (κ2) is 5.85. The van der Waals surface area contributed by atoms with Gasteiger partial charge in [0.15, 0.2) is 0 Å². The first kappa shape index (κ1) is 12.9. The molecule has 0 heterocycles. The molecule has 1 aliphatic carbocycles. The quantitative estimate of drug-likeness (QED) is 0.877. The average molecular weight is 299 g/mol. The van der Waals surface area contributed by atoms with Crippen molar-refractivity contribution in [3.8, 4) is 0 Å². The molecular formula is C13H19BrN2O. The molecule has 0 amide bonds. The van der Waals surface area contributed by atoms with Gasteiger partial charge >= 0.3 is 0 Å². The number of aliphatic hydroxyl groups is 1. The number of anilines is 1. The number of benzene rings is 1. The first-order chi connectivity index (χ1) is 8.26. The van der Waals surface area contributed by atoms with Crippen molar-refractivity contribution in [2.45, 2.75) is 31.8 Å². The maximum Gasteiger partial charge on any atom is 0.0606 e. The van der Waals surface area contributed by atoms with E-state index in [0.29, 0.717) is 19.1 Å². The molecule has 0 atom stereocenters. The second-order valence-electron chi connectivity index (χ2n) is 4.49. The van der Waals surface area contributed by atoms with Crippen LogP contribution in [0.5, 0.6) is 0 Å². The molecule has 0 bridgehead atoms. The van der Waals surface area contributed by atoms with Gasteiger partial charge in [0.2, 0.25) is 0 Å². The lowest BCUT2D eigenvalue weighted by molar-refractivity contribution is 0.283. The SMILES string of the molecule is NCc1ccc(N(CCO)C2CCC2)c(Br)c1. The number of rotatable bonds is 5. The smallest absolute Gasteiger partial charge is 0.0606 e. The molecule has 0 aromatic heterocycles. The van der Waals surface area contributed by atoms with E-state index in [4.69, 9.17) is 5.73 Å². The van der Waals surface area contributed by atoms with E-state index in [-0.39, 0.29) is 6.61 Å². The third kappa shape index (κ3) is 2.81. The zero-order chi connectivity index (χ0) is 12.3. The van der Waals surface area contributed by atoms with Crippen LogP contribution in [-0.4, -0.2) is 24.3 Å². The molecule has 94 valence electrons. The van der Waals surface area contributed by atoms with Crippen molar-refractivity contribution < 1.29 is 5.11 Å². The average Bonchev–Trinajstić information content (AvgIpc) is 2.26. The molecule has 3 nitrogen and oxygen atoms in total. The van der Waals surface area contributed by atoms with Gasteiger partial charge < -0.3 is 15.7 Å². The van der Waals surface area contributed by atoms with Crippen LogP contribution in [-0.2, 0) is 6.54 Å². The summed E-state index contributed by atoms with van der Waals surface area (Å²) in [6.07, 6.45) is 3.75. The number of hydrogen-bond donors (Lipinski definition) is 2. The highest BCUT2D eigenvalue weighted by Gasteiger charge is 2.25. The van der Waals surface area contributed by atoms with E-state index in [2.05, 4.69) is 39.0 Å². The molecule has 0 unspecified atom stereocenters. The van der Waals surface area contributed by atoms with E-state index in [1.54, 1.807) is 0 Å². The normalized spacial score (nSPS) is 15.7. The Morgan fingerprint density at radius 2 is 2.18 bits per heavy atom. The van der Waals surface area contributed by atoms with Crippen LogP contribution in [0.2, 0.25) is 0 Å². The Hall–Kier alpha value is -0.580. The zero-order valence-corrected chi connectivity index (χ0v) is 11.5. The van der Waals surface area contributed by atoms with Crippen molar-refractivity contribution in [3.63, 3.8) is 0 Å². The minimum absolute atomic E-state index is 0.196. The largest absolute Gasteiger partial charge is 0.395 e. The van der Waals surface area contributed by atoms with Crippen molar-refractivity contribution in [1.82, 2.24) is 0 Å². The van der Waals surface area contributed by atoms with E-state index in [1.165, 1.54) is 24.9 Å². The highest BCUT2D eigenvalue weighted by Crippen LogP contribution is 2.34. The van der Waals surface area contributed by atoms with Crippen LogP contribution in [0.1, 0.15) is 24.8 Å². The van der Waals surface area contributed by atoms with E-state index in [1.807, 2.05) is 0 Å². The molecule has 0 radical (unpaired) electrons. The number of halogens is 1. The van der Waals surface area contributed by atoms with Crippen LogP contribution in [0.15, 0.2) is 22.7 Å². The molecule has 4 heteroatoms. The van der Waals surface area contributed by atoms with Crippen molar-refractivity contribution >= 4 is 21.6 Å². The highest BCUT2D eigenvalue weighted by atomic mass is 79.9. The van der Waals surface area contributed by atoms with Crippen molar-refractivity contribution in [3.05, 3.63) is 28.2 Å². The Labute approximate surface area is 111 Å². The van der Waals surface area contributed by atoms with Gasteiger partial charge in [-0.1, -0.05) is 6.07 Å². The van der Waals surface area contributed by atoms with E-state index in [9.17, 15) is 5.11 Å². The summed E-state index contributed by atoms with van der Waals surface area (Å²) < 4.78 is 1.07. The lowest BCUT2D eigenvalue weighted by Crippen LogP contribution is -2.42. The Kier molecular flexibility index (Phi) is 4.42. The van der Waals surface area contributed by atoms with Gasteiger partial charge in [0.25, 0.3) is 0 Å². The van der Waals surface area contributed by atoms with Gasteiger partial charge in [-0.05, 0) is 52.9 Å². The standard InChI is InChI=1S/C13H19BrN2O/c14-12-8-10(9-15)4-5-13(12)16(6-7-17)11-2-1-3-11/h4-5,8,11,17H,1-3,6-7,9,15H2. The molecule has 17 heavy (non-hydrogen) atoms. The fourth-order valence-corrected chi connectivity index (χ4v) is 2.87. The maximum absolute atomic E-state index is 9.18. The summed E-state index contributed by atoms with van der Waals surface area (Å²) >= 11 is 3.60. The number of nitrogens with zero attached hydrogens (tertiary/aromatic N) is 1. The third-order valence-electron chi connectivity index (χ3n) is 3.41. The molecule has 1 aromatic rings. The Morgan fingerprint density at radius 1 is 1.41 bits per heavy atom. The van der Waals surface area contributed by atoms with Crippen LogP contribution in [0.4, 0.5) is 5.69 Å². The summed E-state index contributed by atoms with van der Waals surface area (Å²) in [4.78, 5) is 2.30. The maximum atomic E-state index is 9.18. The van der Waals surface area contributed by atoms with Crippen LogP contribution in [0, 0.1) is 0 Å². The van der Waals surface area contributed by atoms with Gasteiger partial charge in [0.1, 0.15) is 0 Å². The van der Waals surface area contributed by atoms with Gasteiger partial charge in [0, 0.05) is 23.6 Å². The van der Waals surface area contributed by atoms with Crippen LogP contribution in [0.25, 0.3) is 0 Å². The van der Waals surface area contributed by atoms with Gasteiger partial charge in [0.05, 0.1) is 12.3 Å². The van der Waals surface area contributed by atoms with Crippen molar-refractivity contribution in [2.24, 2.45) is 5.73 Å².